The molecule has 1 amide bonds. The van der Waals surface area contributed by atoms with Crippen molar-refractivity contribution < 1.29 is 9.53 Å². The maximum absolute atomic E-state index is 13.0. The highest BCUT2D eigenvalue weighted by molar-refractivity contribution is 5.94. The van der Waals surface area contributed by atoms with E-state index in [0.29, 0.717) is 12.2 Å². The maximum Gasteiger partial charge on any atom is 0.272 e. The molecule has 3 heterocycles. The molecule has 1 N–H and O–H groups in total. The van der Waals surface area contributed by atoms with Crippen LogP contribution < -0.4 is 10.2 Å². The predicted octanol–water partition coefficient (Wildman–Crippen LogP) is 3.36. The highest BCUT2D eigenvalue weighted by Gasteiger charge is 2.31. The Morgan fingerprint density at radius 2 is 1.96 bits per heavy atom. The van der Waals surface area contributed by atoms with Crippen LogP contribution in [0.2, 0.25) is 0 Å². The van der Waals surface area contributed by atoms with Crippen molar-refractivity contribution in [3.05, 3.63) is 46.8 Å². The Kier molecular flexibility index (Phi) is 5.40. The molecule has 1 aromatic carbocycles. The van der Waals surface area contributed by atoms with E-state index in [4.69, 9.17) is 4.74 Å². The number of hydrogen-bond donors (Lipinski definition) is 1. The Labute approximate surface area is 166 Å². The lowest BCUT2D eigenvalue weighted by Gasteiger charge is -2.30. The monoisotopic (exact) mass is 382 g/mol. The molecule has 2 aliphatic rings. The van der Waals surface area contributed by atoms with Crippen molar-refractivity contribution in [2.24, 2.45) is 7.05 Å². The summed E-state index contributed by atoms with van der Waals surface area (Å²) in [6, 6.07) is 8.39. The van der Waals surface area contributed by atoms with Crippen LogP contribution in [-0.4, -0.2) is 34.9 Å². The zero-order valence-corrected chi connectivity index (χ0v) is 17.1. The molecule has 0 saturated carbocycles. The van der Waals surface area contributed by atoms with Gasteiger partial charge in [0.15, 0.2) is 5.69 Å². The standard InChI is InChI=1S/C22H30N4O2/c1-15-13-18-20(24-25(3)21(18)16(2)28-15)22(27)23-14-17-9-5-6-10-19(17)26-11-7-4-8-12-26/h5-6,9-10,15-16H,4,7-8,11-14H2,1-3H3,(H,23,27)/t15-,16+/m1/s1. The third-order valence-electron chi connectivity index (χ3n) is 5.85. The van der Waals surface area contributed by atoms with Crippen molar-refractivity contribution in [3.8, 4) is 0 Å². The summed E-state index contributed by atoms with van der Waals surface area (Å²) >= 11 is 0. The second-order valence-electron chi connectivity index (χ2n) is 7.99. The smallest absolute Gasteiger partial charge is 0.272 e. The number of hydrogen-bond acceptors (Lipinski definition) is 4. The Balaban J connectivity index is 1.51. The second kappa shape index (κ2) is 7.95. The highest BCUT2D eigenvalue weighted by Crippen LogP contribution is 2.31. The predicted molar refractivity (Wildman–Crippen MR) is 110 cm³/mol. The third kappa shape index (κ3) is 3.65. The number of para-hydroxylation sites is 1. The fourth-order valence-electron chi connectivity index (χ4n) is 4.58. The summed E-state index contributed by atoms with van der Waals surface area (Å²) in [6.07, 6.45) is 4.55. The topological polar surface area (TPSA) is 59.4 Å². The number of ether oxygens (including phenoxy) is 1. The normalized spacial score (nSPS) is 22.0. The average molecular weight is 383 g/mol. The third-order valence-corrected chi connectivity index (χ3v) is 5.85. The Hall–Kier alpha value is -2.34. The van der Waals surface area contributed by atoms with E-state index in [1.165, 1.54) is 24.9 Å². The zero-order chi connectivity index (χ0) is 19.7. The summed E-state index contributed by atoms with van der Waals surface area (Å²) in [4.78, 5) is 15.4. The number of piperidine rings is 1. The number of aryl methyl sites for hydroxylation is 1. The number of fused-ring (bicyclic) bond motifs is 1. The van der Waals surface area contributed by atoms with Gasteiger partial charge in [-0.3, -0.25) is 9.48 Å². The Morgan fingerprint density at radius 3 is 2.75 bits per heavy atom. The van der Waals surface area contributed by atoms with Gasteiger partial charge in [0.2, 0.25) is 0 Å². The number of benzene rings is 1. The number of nitrogens with zero attached hydrogens (tertiary/aromatic N) is 3. The van der Waals surface area contributed by atoms with Gasteiger partial charge >= 0.3 is 0 Å². The molecule has 6 heteroatoms. The van der Waals surface area contributed by atoms with Crippen molar-refractivity contribution in [3.63, 3.8) is 0 Å². The number of anilines is 1. The second-order valence-corrected chi connectivity index (χ2v) is 7.99. The first-order chi connectivity index (χ1) is 13.5. The van der Waals surface area contributed by atoms with Gasteiger partial charge in [-0.05, 0) is 44.7 Å². The minimum Gasteiger partial charge on any atom is -0.371 e. The fraction of sp³-hybridized carbons (Fsp3) is 0.545. The van der Waals surface area contributed by atoms with Crippen LogP contribution in [0.25, 0.3) is 0 Å². The van der Waals surface area contributed by atoms with Crippen LogP contribution in [0.3, 0.4) is 0 Å². The van der Waals surface area contributed by atoms with E-state index in [-0.39, 0.29) is 18.1 Å². The van der Waals surface area contributed by atoms with Crippen LogP contribution in [0.15, 0.2) is 24.3 Å². The fourth-order valence-corrected chi connectivity index (χ4v) is 4.58. The average Bonchev–Trinajstić information content (AvgIpc) is 3.03. The molecule has 4 rings (SSSR count). The summed E-state index contributed by atoms with van der Waals surface area (Å²) in [6.45, 7) is 6.76. The summed E-state index contributed by atoms with van der Waals surface area (Å²) in [7, 11) is 1.89. The zero-order valence-electron chi connectivity index (χ0n) is 17.1. The molecule has 2 aromatic rings. The van der Waals surface area contributed by atoms with Crippen molar-refractivity contribution in [2.75, 3.05) is 18.0 Å². The van der Waals surface area contributed by atoms with Gasteiger partial charge in [-0.2, -0.15) is 5.10 Å². The molecule has 2 atom stereocenters. The van der Waals surface area contributed by atoms with Gasteiger partial charge in [0.1, 0.15) is 0 Å². The minimum atomic E-state index is -0.105. The summed E-state index contributed by atoms with van der Waals surface area (Å²) in [5.41, 5.74) is 4.97. The van der Waals surface area contributed by atoms with Gasteiger partial charge in [0.25, 0.3) is 5.91 Å². The quantitative estimate of drug-likeness (QED) is 0.881. The summed E-state index contributed by atoms with van der Waals surface area (Å²) < 4.78 is 7.69. The van der Waals surface area contributed by atoms with E-state index in [2.05, 4.69) is 33.5 Å². The largest absolute Gasteiger partial charge is 0.371 e. The number of carbonyl (C=O) groups excluding carboxylic acids is 1. The van der Waals surface area contributed by atoms with E-state index >= 15 is 0 Å². The van der Waals surface area contributed by atoms with Gasteiger partial charge in [-0.1, -0.05) is 18.2 Å². The summed E-state index contributed by atoms with van der Waals surface area (Å²) in [5, 5.41) is 7.62. The number of carbonyl (C=O) groups is 1. The van der Waals surface area contributed by atoms with Crippen LogP contribution >= 0.6 is 0 Å². The first kappa shape index (κ1) is 19.0. The first-order valence-corrected chi connectivity index (χ1v) is 10.4. The Bertz CT molecular complexity index is 854. The van der Waals surface area contributed by atoms with Crippen molar-refractivity contribution >= 4 is 11.6 Å². The lowest BCUT2D eigenvalue weighted by molar-refractivity contribution is -0.00903. The highest BCUT2D eigenvalue weighted by atomic mass is 16.5. The molecule has 6 nitrogen and oxygen atoms in total. The van der Waals surface area contributed by atoms with Gasteiger partial charge in [-0.25, -0.2) is 0 Å². The number of rotatable bonds is 4. The van der Waals surface area contributed by atoms with Crippen LogP contribution in [0.5, 0.6) is 0 Å². The van der Waals surface area contributed by atoms with E-state index in [1.54, 1.807) is 4.68 Å². The van der Waals surface area contributed by atoms with Crippen LogP contribution in [0.1, 0.15) is 66.5 Å². The number of nitrogens with one attached hydrogen (secondary N) is 1. The van der Waals surface area contributed by atoms with Crippen molar-refractivity contribution in [2.45, 2.75) is 58.3 Å². The maximum atomic E-state index is 13.0. The SMILES string of the molecule is C[C@@H]1Cc2c(C(=O)NCc3ccccc3N3CCCCC3)nn(C)c2[C@H](C)O1. The Morgan fingerprint density at radius 1 is 1.21 bits per heavy atom. The number of amides is 1. The van der Waals surface area contributed by atoms with Gasteiger partial charge in [-0.15, -0.1) is 0 Å². The molecule has 28 heavy (non-hydrogen) atoms. The molecule has 0 spiro atoms. The van der Waals surface area contributed by atoms with Crippen molar-refractivity contribution in [1.82, 2.24) is 15.1 Å². The van der Waals surface area contributed by atoms with Gasteiger partial charge < -0.3 is 15.0 Å². The molecule has 0 unspecified atom stereocenters. The molecule has 1 saturated heterocycles. The lowest BCUT2D eigenvalue weighted by atomic mass is 9.99. The van der Waals surface area contributed by atoms with Crippen LogP contribution in [-0.2, 0) is 24.8 Å². The number of aromatic nitrogens is 2. The molecule has 1 aromatic heterocycles. The van der Waals surface area contributed by atoms with E-state index < -0.39 is 0 Å². The molecule has 150 valence electrons. The molecule has 0 bridgehead atoms. The van der Waals surface area contributed by atoms with Crippen LogP contribution in [0.4, 0.5) is 5.69 Å². The van der Waals surface area contributed by atoms with E-state index in [9.17, 15) is 4.79 Å². The van der Waals surface area contributed by atoms with Gasteiger partial charge in [0, 0.05) is 44.4 Å². The van der Waals surface area contributed by atoms with Gasteiger partial charge in [0.05, 0.1) is 17.9 Å². The molecule has 2 aliphatic heterocycles. The van der Waals surface area contributed by atoms with Crippen molar-refractivity contribution in [1.29, 1.82) is 0 Å². The molecule has 0 aliphatic carbocycles. The first-order valence-electron chi connectivity index (χ1n) is 10.4. The summed E-state index contributed by atoms with van der Waals surface area (Å²) in [5.74, 6) is -0.105. The minimum absolute atomic E-state index is 0.0439. The van der Waals surface area contributed by atoms with E-state index in [0.717, 1.165) is 36.3 Å². The molecular formula is C22H30N4O2. The molecular weight excluding hydrogens is 352 g/mol. The molecule has 1 fully saturated rings. The molecule has 0 radical (unpaired) electrons. The van der Waals surface area contributed by atoms with Crippen LogP contribution in [0, 0.1) is 0 Å². The van der Waals surface area contributed by atoms with E-state index in [1.807, 2.05) is 27.0 Å². The lowest BCUT2D eigenvalue weighted by Crippen LogP contribution is -2.32.